The molecule has 0 bridgehead atoms. The number of tetrazole rings is 1. The molecule has 2 aromatic carbocycles. The van der Waals surface area contributed by atoms with Crippen molar-refractivity contribution in [2.24, 2.45) is 0 Å². The van der Waals surface area contributed by atoms with Gasteiger partial charge in [0.05, 0.1) is 5.70 Å². The Morgan fingerprint density at radius 3 is 2.50 bits per heavy atom. The summed E-state index contributed by atoms with van der Waals surface area (Å²) >= 11 is 0. The molecule has 1 amide bonds. The maximum atomic E-state index is 12.9. The van der Waals surface area contributed by atoms with E-state index in [9.17, 15) is 4.79 Å². The van der Waals surface area contributed by atoms with E-state index in [1.54, 1.807) is 17.1 Å². The summed E-state index contributed by atoms with van der Waals surface area (Å²) in [5.74, 6) is 0.389. The first kappa shape index (κ1) is 19.6. The van der Waals surface area contributed by atoms with Crippen molar-refractivity contribution >= 4 is 17.6 Å². The Hall–Kier alpha value is -4.33. The zero-order chi connectivity index (χ0) is 21.8. The molecule has 0 radical (unpaired) electrons. The number of allylic oxidation sites excluding steroid dienone is 1. The highest BCUT2D eigenvalue weighted by atomic mass is 16.2. The number of hydrogen-bond donors (Lipinski definition) is 1. The van der Waals surface area contributed by atoms with E-state index in [4.69, 9.17) is 0 Å². The Kier molecular flexibility index (Phi) is 5.40. The Bertz CT molecular complexity index is 1220. The van der Waals surface area contributed by atoms with Crippen LogP contribution < -0.4 is 10.2 Å². The van der Waals surface area contributed by atoms with Gasteiger partial charge in [-0.1, -0.05) is 71.8 Å². The maximum absolute atomic E-state index is 12.9. The Morgan fingerprint density at radius 1 is 0.969 bits per heavy atom. The first-order valence-corrected chi connectivity index (χ1v) is 10.3. The Labute approximate surface area is 185 Å². The van der Waals surface area contributed by atoms with Gasteiger partial charge in [-0.05, 0) is 39.3 Å². The molecule has 2 aromatic heterocycles. The molecule has 1 atom stereocenters. The zero-order valence-corrected chi connectivity index (χ0v) is 17.2. The fourth-order valence-corrected chi connectivity index (χ4v) is 3.77. The first-order valence-electron chi connectivity index (χ1n) is 10.3. The molecule has 8 heteroatoms. The van der Waals surface area contributed by atoms with E-state index in [-0.39, 0.29) is 18.5 Å². The third kappa shape index (κ3) is 3.98. The molecule has 158 valence electrons. The van der Waals surface area contributed by atoms with Crippen molar-refractivity contribution in [3.05, 3.63) is 108 Å². The summed E-state index contributed by atoms with van der Waals surface area (Å²) < 4.78 is 1.75. The van der Waals surface area contributed by atoms with Crippen LogP contribution in [0.3, 0.4) is 0 Å². The fraction of sp³-hybridized carbons (Fsp3) is 0.125. The molecule has 0 fully saturated rings. The molecule has 5 rings (SSSR count). The van der Waals surface area contributed by atoms with Gasteiger partial charge in [-0.25, -0.2) is 0 Å². The van der Waals surface area contributed by atoms with Gasteiger partial charge in [-0.2, -0.15) is 4.68 Å². The van der Waals surface area contributed by atoms with Crippen LogP contribution in [0.1, 0.15) is 22.7 Å². The summed E-state index contributed by atoms with van der Waals surface area (Å²) in [6.45, 7) is 0.491. The van der Waals surface area contributed by atoms with E-state index >= 15 is 0 Å². The van der Waals surface area contributed by atoms with Crippen molar-refractivity contribution in [1.82, 2.24) is 30.5 Å². The predicted molar refractivity (Wildman–Crippen MR) is 120 cm³/mol. The van der Waals surface area contributed by atoms with E-state index < -0.39 is 0 Å². The lowest BCUT2D eigenvalue weighted by atomic mass is 10.0. The predicted octanol–water partition coefficient (Wildman–Crippen LogP) is 2.84. The zero-order valence-electron chi connectivity index (χ0n) is 17.2. The van der Waals surface area contributed by atoms with Gasteiger partial charge in [-0.15, -0.1) is 0 Å². The highest BCUT2D eigenvalue weighted by molar-refractivity contribution is 5.89. The number of rotatable bonds is 6. The Morgan fingerprint density at radius 2 is 1.75 bits per heavy atom. The summed E-state index contributed by atoms with van der Waals surface area (Å²) in [6, 6.07) is 23.6. The van der Waals surface area contributed by atoms with Gasteiger partial charge >= 0.3 is 0 Å². The lowest BCUT2D eigenvalue weighted by molar-refractivity contribution is -0.119. The molecule has 1 aliphatic rings. The van der Waals surface area contributed by atoms with Crippen LogP contribution in [0.2, 0.25) is 0 Å². The highest BCUT2D eigenvalue weighted by Crippen LogP contribution is 2.35. The molecule has 0 aliphatic carbocycles. The number of nitrogens with one attached hydrogen (secondary N) is 1. The van der Waals surface area contributed by atoms with E-state index in [1.165, 1.54) is 0 Å². The van der Waals surface area contributed by atoms with E-state index in [2.05, 4.69) is 31.9 Å². The normalized spacial score (nSPS) is 15.1. The molecule has 32 heavy (non-hydrogen) atoms. The Balaban J connectivity index is 1.47. The molecule has 3 heterocycles. The standard InChI is InChI=1S/C24H21N7O/c32-23(26-16-18-8-7-13-25-15-18)17-30-21(19-9-3-1-4-10-19)14-22(20-11-5-2-6-12-20)31-24(30)27-28-29-31/h1-15,22H,16-17H2,(H,26,32)/t22-/m1/s1. The maximum Gasteiger partial charge on any atom is 0.251 e. The van der Waals surface area contributed by atoms with Gasteiger partial charge in [0.2, 0.25) is 5.91 Å². The van der Waals surface area contributed by atoms with Crippen molar-refractivity contribution in [3.63, 3.8) is 0 Å². The third-order valence-corrected chi connectivity index (χ3v) is 5.31. The first-order chi connectivity index (χ1) is 15.8. The van der Waals surface area contributed by atoms with Gasteiger partial charge in [0, 0.05) is 18.9 Å². The van der Waals surface area contributed by atoms with Crippen molar-refractivity contribution < 1.29 is 4.79 Å². The monoisotopic (exact) mass is 423 g/mol. The second-order valence-corrected chi connectivity index (χ2v) is 7.42. The van der Waals surface area contributed by atoms with Crippen molar-refractivity contribution in [2.75, 3.05) is 11.4 Å². The largest absolute Gasteiger partial charge is 0.350 e. The van der Waals surface area contributed by atoms with Crippen LogP contribution in [0.25, 0.3) is 5.70 Å². The minimum absolute atomic E-state index is 0.0862. The van der Waals surface area contributed by atoms with Crippen LogP contribution in [-0.4, -0.2) is 37.6 Å². The number of fused-ring (bicyclic) bond motifs is 1. The average molecular weight is 423 g/mol. The van der Waals surface area contributed by atoms with E-state index in [1.807, 2.05) is 77.7 Å². The van der Waals surface area contributed by atoms with Crippen molar-refractivity contribution in [1.29, 1.82) is 0 Å². The number of hydrogen-bond acceptors (Lipinski definition) is 6. The number of carbonyl (C=O) groups excluding carboxylic acids is 1. The smallest absolute Gasteiger partial charge is 0.251 e. The summed E-state index contributed by atoms with van der Waals surface area (Å²) in [5.41, 5.74) is 3.88. The lowest BCUT2D eigenvalue weighted by Gasteiger charge is -2.32. The minimum atomic E-state index is -0.175. The number of anilines is 1. The van der Waals surface area contributed by atoms with Crippen LogP contribution in [0.5, 0.6) is 0 Å². The summed E-state index contributed by atoms with van der Waals surface area (Å²) in [4.78, 5) is 18.8. The number of benzene rings is 2. The molecule has 0 saturated carbocycles. The molecular formula is C24H21N7O. The molecule has 0 unspecified atom stereocenters. The highest BCUT2D eigenvalue weighted by Gasteiger charge is 2.31. The van der Waals surface area contributed by atoms with Crippen LogP contribution in [-0.2, 0) is 11.3 Å². The molecular weight excluding hydrogens is 402 g/mol. The lowest BCUT2D eigenvalue weighted by Crippen LogP contribution is -2.39. The second-order valence-electron chi connectivity index (χ2n) is 7.42. The minimum Gasteiger partial charge on any atom is -0.350 e. The number of pyridine rings is 1. The van der Waals surface area contributed by atoms with Gasteiger partial charge < -0.3 is 5.32 Å². The molecule has 1 N–H and O–H groups in total. The molecule has 8 nitrogen and oxygen atoms in total. The van der Waals surface area contributed by atoms with Gasteiger partial charge in [0.15, 0.2) is 0 Å². The number of carbonyl (C=O) groups is 1. The number of aromatic nitrogens is 5. The van der Waals surface area contributed by atoms with Crippen LogP contribution in [0.4, 0.5) is 5.95 Å². The van der Waals surface area contributed by atoms with Crippen LogP contribution in [0.15, 0.2) is 91.3 Å². The van der Waals surface area contributed by atoms with Crippen molar-refractivity contribution in [2.45, 2.75) is 12.6 Å². The van der Waals surface area contributed by atoms with Gasteiger partial charge in [-0.3, -0.25) is 14.7 Å². The van der Waals surface area contributed by atoms with Gasteiger partial charge in [0.1, 0.15) is 12.6 Å². The van der Waals surface area contributed by atoms with Crippen molar-refractivity contribution in [3.8, 4) is 0 Å². The molecule has 4 aromatic rings. The van der Waals surface area contributed by atoms with E-state index in [0.717, 1.165) is 22.4 Å². The SMILES string of the molecule is O=C(CN1C(c2ccccc2)=C[C@H](c2ccccc2)n2nnnc21)NCc1cccnc1. The van der Waals surface area contributed by atoms with E-state index in [0.29, 0.717) is 12.5 Å². The number of nitrogens with zero attached hydrogens (tertiary/aromatic N) is 6. The topological polar surface area (TPSA) is 88.8 Å². The number of amides is 1. The molecule has 1 aliphatic heterocycles. The van der Waals surface area contributed by atoms with Crippen LogP contribution >= 0.6 is 0 Å². The summed E-state index contributed by atoms with van der Waals surface area (Å²) in [6.07, 6.45) is 5.54. The van der Waals surface area contributed by atoms with Crippen LogP contribution in [0, 0.1) is 0 Å². The summed E-state index contributed by atoms with van der Waals surface area (Å²) in [5, 5.41) is 15.3. The second kappa shape index (κ2) is 8.81. The average Bonchev–Trinajstić information content (AvgIpc) is 3.35. The third-order valence-electron chi connectivity index (χ3n) is 5.31. The van der Waals surface area contributed by atoms with Gasteiger partial charge in [0.25, 0.3) is 5.95 Å². The summed E-state index contributed by atoms with van der Waals surface area (Å²) in [7, 11) is 0. The fourth-order valence-electron chi connectivity index (χ4n) is 3.77. The quantitative estimate of drug-likeness (QED) is 0.513. The molecule has 0 saturated heterocycles. The molecule has 0 spiro atoms.